The second-order valence-electron chi connectivity index (χ2n) is 5.14. The van der Waals surface area contributed by atoms with Crippen molar-refractivity contribution in [1.82, 2.24) is 4.90 Å². The van der Waals surface area contributed by atoms with Crippen molar-refractivity contribution in [2.75, 3.05) is 19.6 Å². The molecule has 17 heavy (non-hydrogen) atoms. The maximum Gasteiger partial charge on any atom is 0.401 e. The third-order valence-electron chi connectivity index (χ3n) is 3.25. The van der Waals surface area contributed by atoms with Gasteiger partial charge in [0.05, 0.1) is 6.54 Å². The molecule has 1 saturated carbocycles. The summed E-state index contributed by atoms with van der Waals surface area (Å²) >= 11 is 0. The Morgan fingerprint density at radius 1 is 1.29 bits per heavy atom. The highest BCUT2D eigenvalue weighted by Gasteiger charge is 2.37. The molecule has 1 aliphatic carbocycles. The van der Waals surface area contributed by atoms with Crippen LogP contribution in [0.5, 0.6) is 0 Å². The van der Waals surface area contributed by atoms with E-state index in [4.69, 9.17) is 5.73 Å². The van der Waals surface area contributed by atoms with Crippen LogP contribution in [-0.4, -0.2) is 36.8 Å². The van der Waals surface area contributed by atoms with Crippen molar-refractivity contribution in [2.45, 2.75) is 51.2 Å². The topological polar surface area (TPSA) is 29.3 Å². The van der Waals surface area contributed by atoms with Gasteiger partial charge in [0.1, 0.15) is 0 Å². The summed E-state index contributed by atoms with van der Waals surface area (Å²) in [6, 6.07) is 0.182. The summed E-state index contributed by atoms with van der Waals surface area (Å²) in [5.74, 6) is 0.520. The lowest BCUT2D eigenvalue weighted by molar-refractivity contribution is -0.147. The molecule has 0 bridgehead atoms. The van der Waals surface area contributed by atoms with Crippen LogP contribution in [0.2, 0.25) is 0 Å². The SMILES string of the molecule is CC(CCN)CCCN(CC(F)(F)F)C1CC1. The first-order chi connectivity index (χ1) is 7.92. The molecule has 0 heterocycles. The summed E-state index contributed by atoms with van der Waals surface area (Å²) in [6.07, 6.45) is 0.559. The van der Waals surface area contributed by atoms with E-state index in [1.54, 1.807) is 4.90 Å². The van der Waals surface area contributed by atoms with Crippen LogP contribution in [0.15, 0.2) is 0 Å². The molecular weight excluding hydrogens is 229 g/mol. The van der Waals surface area contributed by atoms with E-state index in [2.05, 4.69) is 6.92 Å². The van der Waals surface area contributed by atoms with Crippen LogP contribution in [0.1, 0.15) is 39.0 Å². The van der Waals surface area contributed by atoms with Crippen molar-refractivity contribution in [1.29, 1.82) is 0 Å². The number of hydrogen-bond acceptors (Lipinski definition) is 2. The van der Waals surface area contributed by atoms with Gasteiger partial charge in [0.2, 0.25) is 0 Å². The molecule has 0 spiro atoms. The van der Waals surface area contributed by atoms with E-state index in [0.717, 1.165) is 32.1 Å². The lowest BCUT2D eigenvalue weighted by atomic mass is 10.0. The molecule has 2 nitrogen and oxygen atoms in total. The Balaban J connectivity index is 2.21. The standard InChI is InChI=1S/C12H23F3N2/c1-10(6-7-16)3-2-8-17(11-4-5-11)9-12(13,14)15/h10-11H,2-9,16H2,1H3. The Kier molecular flexibility index (Phi) is 5.73. The minimum Gasteiger partial charge on any atom is -0.330 e. The predicted octanol–water partition coefficient (Wildman–Crippen LogP) is 2.78. The first kappa shape index (κ1) is 14.8. The first-order valence-electron chi connectivity index (χ1n) is 6.43. The number of alkyl halides is 3. The smallest absolute Gasteiger partial charge is 0.330 e. The van der Waals surface area contributed by atoms with Gasteiger partial charge in [-0.25, -0.2) is 0 Å². The quantitative estimate of drug-likeness (QED) is 0.719. The Morgan fingerprint density at radius 3 is 2.41 bits per heavy atom. The zero-order chi connectivity index (χ0) is 12.9. The minimum atomic E-state index is -4.06. The summed E-state index contributed by atoms with van der Waals surface area (Å²) in [5.41, 5.74) is 5.44. The van der Waals surface area contributed by atoms with Crippen molar-refractivity contribution >= 4 is 0 Å². The normalized spacial score (nSPS) is 18.7. The van der Waals surface area contributed by atoms with Gasteiger partial charge in [-0.2, -0.15) is 13.2 Å². The molecule has 1 aliphatic rings. The lowest BCUT2D eigenvalue weighted by Gasteiger charge is -2.23. The Bertz CT molecular complexity index is 214. The number of hydrogen-bond donors (Lipinski definition) is 1. The third kappa shape index (κ3) is 6.88. The van der Waals surface area contributed by atoms with E-state index >= 15 is 0 Å². The summed E-state index contributed by atoms with van der Waals surface area (Å²) in [5, 5.41) is 0. The fourth-order valence-corrected chi connectivity index (χ4v) is 2.13. The fraction of sp³-hybridized carbons (Fsp3) is 1.00. The van der Waals surface area contributed by atoms with Gasteiger partial charge in [0.25, 0.3) is 0 Å². The van der Waals surface area contributed by atoms with Gasteiger partial charge in [-0.15, -0.1) is 0 Å². The molecule has 1 fully saturated rings. The van der Waals surface area contributed by atoms with Gasteiger partial charge < -0.3 is 5.73 Å². The largest absolute Gasteiger partial charge is 0.401 e. The van der Waals surface area contributed by atoms with Gasteiger partial charge in [-0.05, 0) is 51.1 Å². The summed E-state index contributed by atoms with van der Waals surface area (Å²) in [4.78, 5) is 1.59. The molecule has 1 unspecified atom stereocenters. The van der Waals surface area contributed by atoms with Crippen LogP contribution in [0.4, 0.5) is 13.2 Å². The molecule has 0 aromatic carbocycles. The molecule has 0 aliphatic heterocycles. The van der Waals surface area contributed by atoms with Crippen molar-refractivity contribution in [3.63, 3.8) is 0 Å². The van der Waals surface area contributed by atoms with Crippen LogP contribution in [0.25, 0.3) is 0 Å². The number of halogens is 3. The predicted molar refractivity (Wildman–Crippen MR) is 62.7 cm³/mol. The van der Waals surface area contributed by atoms with E-state index in [1.165, 1.54) is 0 Å². The highest BCUT2D eigenvalue weighted by molar-refractivity contribution is 4.85. The molecular formula is C12H23F3N2. The van der Waals surface area contributed by atoms with Gasteiger partial charge in [0.15, 0.2) is 0 Å². The fourth-order valence-electron chi connectivity index (χ4n) is 2.13. The average Bonchev–Trinajstić information content (AvgIpc) is 2.97. The highest BCUT2D eigenvalue weighted by atomic mass is 19.4. The molecule has 1 atom stereocenters. The summed E-state index contributed by atoms with van der Waals surface area (Å²) < 4.78 is 37.0. The first-order valence-corrected chi connectivity index (χ1v) is 6.43. The zero-order valence-electron chi connectivity index (χ0n) is 10.5. The van der Waals surface area contributed by atoms with Gasteiger partial charge in [-0.1, -0.05) is 6.92 Å². The second-order valence-corrected chi connectivity index (χ2v) is 5.14. The van der Waals surface area contributed by atoms with Crippen molar-refractivity contribution in [2.24, 2.45) is 11.7 Å². The Labute approximate surface area is 101 Å². The molecule has 5 heteroatoms. The number of nitrogens with zero attached hydrogens (tertiary/aromatic N) is 1. The van der Waals surface area contributed by atoms with Crippen molar-refractivity contribution in [3.8, 4) is 0 Å². The molecule has 0 radical (unpaired) electrons. The average molecular weight is 252 g/mol. The summed E-state index contributed by atoms with van der Waals surface area (Å²) in [6.45, 7) is 2.59. The van der Waals surface area contributed by atoms with Crippen LogP contribution in [0.3, 0.4) is 0 Å². The Morgan fingerprint density at radius 2 is 1.94 bits per heavy atom. The molecule has 0 amide bonds. The third-order valence-corrected chi connectivity index (χ3v) is 3.25. The van der Waals surface area contributed by atoms with E-state index in [-0.39, 0.29) is 6.04 Å². The van der Waals surface area contributed by atoms with Crippen molar-refractivity contribution < 1.29 is 13.2 Å². The van der Waals surface area contributed by atoms with Gasteiger partial charge in [-0.3, -0.25) is 4.90 Å². The minimum absolute atomic E-state index is 0.182. The maximum atomic E-state index is 12.3. The zero-order valence-corrected chi connectivity index (χ0v) is 10.5. The lowest BCUT2D eigenvalue weighted by Crippen LogP contribution is -2.36. The van der Waals surface area contributed by atoms with Crippen LogP contribution >= 0.6 is 0 Å². The highest BCUT2D eigenvalue weighted by Crippen LogP contribution is 2.30. The molecule has 1 rings (SSSR count). The monoisotopic (exact) mass is 252 g/mol. The van der Waals surface area contributed by atoms with E-state index in [1.807, 2.05) is 0 Å². The van der Waals surface area contributed by atoms with Crippen molar-refractivity contribution in [3.05, 3.63) is 0 Å². The van der Waals surface area contributed by atoms with Gasteiger partial charge in [0, 0.05) is 6.04 Å². The molecule has 0 aromatic rings. The molecule has 2 N–H and O–H groups in total. The van der Waals surface area contributed by atoms with Gasteiger partial charge >= 0.3 is 6.18 Å². The van der Waals surface area contributed by atoms with E-state index < -0.39 is 12.7 Å². The maximum absolute atomic E-state index is 12.3. The van der Waals surface area contributed by atoms with E-state index in [0.29, 0.717) is 19.0 Å². The number of nitrogens with two attached hydrogens (primary N) is 1. The Hall–Kier alpha value is -0.290. The molecule has 0 saturated heterocycles. The molecule has 0 aromatic heterocycles. The van der Waals surface area contributed by atoms with Crippen LogP contribution < -0.4 is 5.73 Å². The van der Waals surface area contributed by atoms with E-state index in [9.17, 15) is 13.2 Å². The number of rotatable bonds is 8. The van der Waals surface area contributed by atoms with Crippen LogP contribution in [0, 0.1) is 5.92 Å². The second kappa shape index (κ2) is 6.59. The van der Waals surface area contributed by atoms with Crippen LogP contribution in [-0.2, 0) is 0 Å². The molecule has 102 valence electrons. The summed E-state index contributed by atoms with van der Waals surface area (Å²) in [7, 11) is 0.